The van der Waals surface area contributed by atoms with E-state index in [1.807, 2.05) is 0 Å². The smallest absolute Gasteiger partial charge is 0.146 e. The summed E-state index contributed by atoms with van der Waals surface area (Å²) in [5.74, 6) is 0. The van der Waals surface area contributed by atoms with Crippen LogP contribution in [0, 0.1) is 5.41 Å². The summed E-state index contributed by atoms with van der Waals surface area (Å²) >= 11 is 0. The Morgan fingerprint density at radius 1 is 1.31 bits per heavy atom. The predicted molar refractivity (Wildman–Crippen MR) is 53.6 cm³/mol. The third-order valence-corrected chi connectivity index (χ3v) is 3.48. The molecule has 0 saturated carbocycles. The van der Waals surface area contributed by atoms with Gasteiger partial charge in [-0.1, -0.05) is 6.92 Å². The van der Waals surface area contributed by atoms with E-state index in [4.69, 9.17) is 14.2 Å². The Labute approximate surface area is 93.5 Å². The van der Waals surface area contributed by atoms with Gasteiger partial charge in [-0.2, -0.15) is 5.10 Å². The van der Waals surface area contributed by atoms with Gasteiger partial charge in [0, 0.05) is 5.41 Å². The van der Waals surface area contributed by atoms with Crippen molar-refractivity contribution >= 4 is 0 Å². The normalized spacial score (nSPS) is 32.6. The molecule has 16 heavy (non-hydrogen) atoms. The maximum Gasteiger partial charge on any atom is 0.146 e. The summed E-state index contributed by atoms with van der Waals surface area (Å²) in [4.78, 5) is 3.94. The molecule has 3 rings (SSSR count). The van der Waals surface area contributed by atoms with Crippen LogP contribution in [0.25, 0.3) is 0 Å². The molecule has 1 atom stereocenters. The molecule has 1 aromatic rings. The van der Waals surface area contributed by atoms with E-state index in [1.165, 1.54) is 6.33 Å². The first-order chi connectivity index (χ1) is 7.74. The fourth-order valence-corrected chi connectivity index (χ4v) is 2.19. The molecule has 6 heteroatoms. The maximum absolute atomic E-state index is 5.66. The molecule has 3 heterocycles. The first-order valence-electron chi connectivity index (χ1n) is 5.36. The van der Waals surface area contributed by atoms with E-state index in [0.29, 0.717) is 26.6 Å². The highest BCUT2D eigenvalue weighted by atomic mass is 16.7. The van der Waals surface area contributed by atoms with E-state index in [1.54, 1.807) is 11.0 Å². The van der Waals surface area contributed by atoms with Crippen LogP contribution in [-0.2, 0) is 20.8 Å². The molecule has 0 aromatic carbocycles. The Morgan fingerprint density at radius 2 is 2.06 bits per heavy atom. The van der Waals surface area contributed by atoms with Gasteiger partial charge in [-0.15, -0.1) is 0 Å². The second-order valence-corrected chi connectivity index (χ2v) is 4.75. The van der Waals surface area contributed by atoms with Crippen LogP contribution in [0.15, 0.2) is 12.7 Å². The van der Waals surface area contributed by atoms with E-state index in [-0.39, 0.29) is 11.0 Å². The van der Waals surface area contributed by atoms with E-state index in [2.05, 4.69) is 17.0 Å². The van der Waals surface area contributed by atoms with Crippen molar-refractivity contribution in [2.24, 2.45) is 5.41 Å². The SMILES string of the molecule is CC1(C2(Cn3cncn3)CO2)COCOC1. The van der Waals surface area contributed by atoms with E-state index >= 15 is 0 Å². The highest BCUT2D eigenvalue weighted by Crippen LogP contribution is 2.47. The molecule has 2 aliphatic heterocycles. The third-order valence-electron chi connectivity index (χ3n) is 3.48. The van der Waals surface area contributed by atoms with Crippen LogP contribution in [-0.4, -0.2) is 47.0 Å². The molecule has 2 aliphatic rings. The van der Waals surface area contributed by atoms with Gasteiger partial charge in [-0.05, 0) is 0 Å². The largest absolute Gasteiger partial charge is 0.367 e. The summed E-state index contributed by atoms with van der Waals surface area (Å²) in [7, 11) is 0. The minimum atomic E-state index is -0.207. The highest BCUT2D eigenvalue weighted by molar-refractivity contribution is 5.06. The standard InChI is InChI=1S/C10H15N3O3/c1-9(3-14-8-15-4-9)10(5-16-10)2-13-7-11-6-12-13/h6-7H,2-5,8H2,1H3. The Kier molecular flexibility index (Phi) is 2.24. The number of ether oxygens (including phenoxy) is 3. The maximum atomic E-state index is 5.66. The average molecular weight is 225 g/mol. The van der Waals surface area contributed by atoms with Crippen LogP contribution >= 0.6 is 0 Å². The van der Waals surface area contributed by atoms with E-state index in [0.717, 1.165) is 6.61 Å². The number of epoxide rings is 1. The lowest BCUT2D eigenvalue weighted by Gasteiger charge is -2.38. The predicted octanol–water partition coefficient (Wildman–Crippen LogP) is 0.0577. The zero-order chi connectivity index (χ0) is 11.1. The lowest BCUT2D eigenvalue weighted by molar-refractivity contribution is -0.181. The Balaban J connectivity index is 1.77. The summed E-state index contributed by atoms with van der Waals surface area (Å²) in [6, 6.07) is 0. The topological polar surface area (TPSA) is 61.7 Å². The molecular formula is C10H15N3O3. The van der Waals surface area contributed by atoms with Crippen LogP contribution in [0.3, 0.4) is 0 Å². The van der Waals surface area contributed by atoms with Crippen LogP contribution in [0.2, 0.25) is 0 Å². The van der Waals surface area contributed by atoms with Crippen LogP contribution < -0.4 is 0 Å². The minimum Gasteiger partial charge on any atom is -0.367 e. The lowest BCUT2D eigenvalue weighted by Crippen LogP contribution is -2.49. The van der Waals surface area contributed by atoms with Crippen molar-refractivity contribution < 1.29 is 14.2 Å². The van der Waals surface area contributed by atoms with E-state index in [9.17, 15) is 0 Å². The Bertz CT molecular complexity index is 355. The molecule has 0 bridgehead atoms. The molecule has 0 N–H and O–H groups in total. The van der Waals surface area contributed by atoms with Gasteiger partial charge in [0.05, 0.1) is 26.4 Å². The molecule has 0 amide bonds. The average Bonchev–Trinajstić information content (AvgIpc) is 2.89. The van der Waals surface area contributed by atoms with Crippen molar-refractivity contribution in [2.45, 2.75) is 19.1 Å². The van der Waals surface area contributed by atoms with E-state index < -0.39 is 0 Å². The van der Waals surface area contributed by atoms with Crippen LogP contribution in [0.5, 0.6) is 0 Å². The van der Waals surface area contributed by atoms with Crippen molar-refractivity contribution in [3.05, 3.63) is 12.7 Å². The minimum absolute atomic E-state index is 0.100. The quantitative estimate of drug-likeness (QED) is 0.681. The summed E-state index contributed by atoms with van der Waals surface area (Å²) in [6.45, 7) is 5.29. The van der Waals surface area contributed by atoms with Crippen molar-refractivity contribution in [1.29, 1.82) is 0 Å². The number of hydrogen-bond acceptors (Lipinski definition) is 5. The Hall–Kier alpha value is -0.980. The van der Waals surface area contributed by atoms with Crippen molar-refractivity contribution in [1.82, 2.24) is 14.8 Å². The number of hydrogen-bond donors (Lipinski definition) is 0. The van der Waals surface area contributed by atoms with Crippen molar-refractivity contribution in [2.75, 3.05) is 26.6 Å². The summed E-state index contributed by atoms with van der Waals surface area (Å²) < 4.78 is 18.2. The van der Waals surface area contributed by atoms with Gasteiger partial charge in [0.25, 0.3) is 0 Å². The lowest BCUT2D eigenvalue weighted by atomic mass is 9.78. The molecule has 0 spiro atoms. The zero-order valence-corrected chi connectivity index (χ0v) is 9.26. The molecule has 1 aromatic heterocycles. The second-order valence-electron chi connectivity index (χ2n) is 4.75. The third kappa shape index (κ3) is 1.53. The van der Waals surface area contributed by atoms with Crippen molar-refractivity contribution in [3.8, 4) is 0 Å². The summed E-state index contributed by atoms with van der Waals surface area (Å²) in [5.41, 5.74) is -0.307. The van der Waals surface area contributed by atoms with Gasteiger partial charge in [-0.3, -0.25) is 0 Å². The van der Waals surface area contributed by atoms with Gasteiger partial charge in [0.1, 0.15) is 25.0 Å². The van der Waals surface area contributed by atoms with Gasteiger partial charge < -0.3 is 14.2 Å². The highest BCUT2D eigenvalue weighted by Gasteiger charge is 2.60. The molecule has 1 unspecified atom stereocenters. The molecule has 2 saturated heterocycles. The second kappa shape index (κ2) is 3.51. The molecule has 2 fully saturated rings. The fraction of sp³-hybridized carbons (Fsp3) is 0.800. The monoisotopic (exact) mass is 225 g/mol. The molecule has 0 radical (unpaired) electrons. The number of aromatic nitrogens is 3. The van der Waals surface area contributed by atoms with Gasteiger partial charge in [0.15, 0.2) is 0 Å². The van der Waals surface area contributed by atoms with Crippen LogP contribution in [0.4, 0.5) is 0 Å². The summed E-state index contributed by atoms with van der Waals surface area (Å²) in [5, 5.41) is 4.11. The van der Waals surface area contributed by atoms with Gasteiger partial charge in [-0.25, -0.2) is 9.67 Å². The first-order valence-corrected chi connectivity index (χ1v) is 5.36. The first kappa shape index (κ1) is 10.2. The van der Waals surface area contributed by atoms with Crippen molar-refractivity contribution in [3.63, 3.8) is 0 Å². The van der Waals surface area contributed by atoms with Gasteiger partial charge >= 0.3 is 0 Å². The molecular weight excluding hydrogens is 210 g/mol. The molecule has 6 nitrogen and oxygen atoms in total. The summed E-state index contributed by atoms with van der Waals surface area (Å²) in [6.07, 6.45) is 3.24. The number of rotatable bonds is 3. The Morgan fingerprint density at radius 3 is 2.62 bits per heavy atom. The fourth-order valence-electron chi connectivity index (χ4n) is 2.19. The molecule has 88 valence electrons. The zero-order valence-electron chi connectivity index (χ0n) is 9.26. The van der Waals surface area contributed by atoms with Gasteiger partial charge in [0.2, 0.25) is 0 Å². The van der Waals surface area contributed by atoms with Crippen LogP contribution in [0.1, 0.15) is 6.92 Å². The molecule has 0 aliphatic carbocycles. The number of nitrogens with zero attached hydrogens (tertiary/aromatic N) is 3.